The van der Waals surface area contributed by atoms with Crippen molar-refractivity contribution < 1.29 is 4.92 Å². The minimum atomic E-state index is -0.437. The van der Waals surface area contributed by atoms with Crippen LogP contribution < -0.4 is 11.1 Å². The molecule has 0 spiro atoms. The predicted octanol–water partition coefficient (Wildman–Crippen LogP) is 2.07. The van der Waals surface area contributed by atoms with E-state index in [0.717, 1.165) is 25.3 Å². The second-order valence-electron chi connectivity index (χ2n) is 5.08. The van der Waals surface area contributed by atoms with E-state index in [4.69, 9.17) is 5.73 Å². The van der Waals surface area contributed by atoms with Gasteiger partial charge >= 0.3 is 0 Å². The van der Waals surface area contributed by atoms with Crippen LogP contribution in [0.15, 0.2) is 18.2 Å². The first-order chi connectivity index (χ1) is 9.06. The molecule has 1 aromatic carbocycles. The standard InChI is InChI=1S/C13H20N4O2/c1-10(9-16-6-2-3-7-16)15-13-5-4-11(17(18)19)8-12(13)14/h4-5,8,10,15H,2-3,6-7,9,14H2,1H3. The largest absolute Gasteiger partial charge is 0.397 e. The minimum Gasteiger partial charge on any atom is -0.397 e. The van der Waals surface area contributed by atoms with Crippen LogP contribution in [0.4, 0.5) is 17.1 Å². The van der Waals surface area contributed by atoms with Crippen LogP contribution in [0.3, 0.4) is 0 Å². The Balaban J connectivity index is 1.96. The third-order valence-corrected chi connectivity index (χ3v) is 3.38. The van der Waals surface area contributed by atoms with E-state index < -0.39 is 4.92 Å². The summed E-state index contributed by atoms with van der Waals surface area (Å²) in [4.78, 5) is 12.6. The molecule has 3 N–H and O–H groups in total. The number of hydrogen-bond donors (Lipinski definition) is 2. The molecule has 2 rings (SSSR count). The molecule has 6 nitrogen and oxygen atoms in total. The van der Waals surface area contributed by atoms with Crippen molar-refractivity contribution in [3.63, 3.8) is 0 Å². The van der Waals surface area contributed by atoms with Crippen LogP contribution in [-0.2, 0) is 0 Å². The summed E-state index contributed by atoms with van der Waals surface area (Å²) in [7, 11) is 0. The smallest absolute Gasteiger partial charge is 0.271 e. The molecule has 0 aromatic heterocycles. The van der Waals surface area contributed by atoms with Gasteiger partial charge < -0.3 is 16.0 Å². The molecule has 104 valence electrons. The second kappa shape index (κ2) is 5.88. The van der Waals surface area contributed by atoms with E-state index in [1.165, 1.54) is 25.0 Å². The highest BCUT2D eigenvalue weighted by Gasteiger charge is 2.15. The summed E-state index contributed by atoms with van der Waals surface area (Å²) in [5, 5.41) is 14.0. The number of nitrogen functional groups attached to an aromatic ring is 1. The van der Waals surface area contributed by atoms with E-state index in [1.807, 2.05) is 0 Å². The SMILES string of the molecule is CC(CN1CCCC1)Nc1ccc([N+](=O)[O-])cc1N. The Morgan fingerprint density at radius 3 is 2.74 bits per heavy atom. The molecule has 0 saturated carbocycles. The number of nitro benzene ring substituents is 1. The van der Waals surface area contributed by atoms with Crippen molar-refractivity contribution in [1.29, 1.82) is 0 Å². The van der Waals surface area contributed by atoms with Gasteiger partial charge in [-0.2, -0.15) is 0 Å². The quantitative estimate of drug-likeness (QED) is 0.483. The highest BCUT2D eigenvalue weighted by Crippen LogP contribution is 2.24. The monoisotopic (exact) mass is 264 g/mol. The molecule has 0 aliphatic carbocycles. The third-order valence-electron chi connectivity index (χ3n) is 3.38. The number of benzene rings is 1. The lowest BCUT2D eigenvalue weighted by atomic mass is 10.2. The van der Waals surface area contributed by atoms with E-state index >= 15 is 0 Å². The van der Waals surface area contributed by atoms with E-state index in [2.05, 4.69) is 17.1 Å². The Kier molecular flexibility index (Phi) is 4.21. The Labute approximate surface area is 112 Å². The number of anilines is 2. The summed E-state index contributed by atoms with van der Waals surface area (Å²) in [5.41, 5.74) is 7.04. The Morgan fingerprint density at radius 1 is 1.47 bits per heavy atom. The normalized spacial score (nSPS) is 17.3. The zero-order valence-electron chi connectivity index (χ0n) is 11.1. The maximum atomic E-state index is 10.6. The lowest BCUT2D eigenvalue weighted by molar-refractivity contribution is -0.384. The number of rotatable bonds is 5. The molecule has 0 bridgehead atoms. The predicted molar refractivity (Wildman–Crippen MR) is 76.3 cm³/mol. The molecule has 19 heavy (non-hydrogen) atoms. The molecule has 0 radical (unpaired) electrons. The first kappa shape index (κ1) is 13.6. The van der Waals surface area contributed by atoms with Crippen molar-refractivity contribution >= 4 is 17.1 Å². The van der Waals surface area contributed by atoms with Crippen molar-refractivity contribution in [2.75, 3.05) is 30.7 Å². The van der Waals surface area contributed by atoms with Crippen LogP contribution in [0.5, 0.6) is 0 Å². The van der Waals surface area contributed by atoms with Gasteiger partial charge in [-0.05, 0) is 38.9 Å². The molecule has 1 heterocycles. The number of likely N-dealkylation sites (tertiary alicyclic amines) is 1. The van der Waals surface area contributed by atoms with E-state index in [9.17, 15) is 10.1 Å². The highest BCUT2D eigenvalue weighted by molar-refractivity contribution is 5.69. The number of non-ortho nitro benzene ring substituents is 1. The fourth-order valence-electron chi connectivity index (χ4n) is 2.46. The summed E-state index contributed by atoms with van der Waals surface area (Å²) >= 11 is 0. The number of hydrogen-bond acceptors (Lipinski definition) is 5. The van der Waals surface area contributed by atoms with Gasteiger partial charge in [0.2, 0.25) is 0 Å². The number of nitro groups is 1. The molecule has 1 aliphatic rings. The zero-order chi connectivity index (χ0) is 13.8. The van der Waals surface area contributed by atoms with Crippen molar-refractivity contribution in [3.8, 4) is 0 Å². The molecule has 1 aromatic rings. The summed E-state index contributed by atoms with van der Waals surface area (Å²) in [6.45, 7) is 5.37. The van der Waals surface area contributed by atoms with Crippen molar-refractivity contribution in [3.05, 3.63) is 28.3 Å². The lowest BCUT2D eigenvalue weighted by Crippen LogP contribution is -2.33. The minimum absolute atomic E-state index is 0.0234. The average Bonchev–Trinajstić information content (AvgIpc) is 2.84. The molecule has 0 amide bonds. The summed E-state index contributed by atoms with van der Waals surface area (Å²) in [6.07, 6.45) is 2.54. The van der Waals surface area contributed by atoms with Gasteiger partial charge in [0.1, 0.15) is 0 Å². The fourth-order valence-corrected chi connectivity index (χ4v) is 2.46. The van der Waals surface area contributed by atoms with Crippen LogP contribution in [0, 0.1) is 10.1 Å². The molecular weight excluding hydrogens is 244 g/mol. The Hall–Kier alpha value is -1.82. The summed E-state index contributed by atoms with van der Waals surface area (Å²) in [6, 6.07) is 4.81. The van der Waals surface area contributed by atoms with E-state index in [1.54, 1.807) is 6.07 Å². The number of nitrogens with zero attached hydrogens (tertiary/aromatic N) is 2. The molecular formula is C13H20N4O2. The second-order valence-corrected chi connectivity index (χ2v) is 5.08. The first-order valence-electron chi connectivity index (χ1n) is 6.59. The summed E-state index contributed by atoms with van der Waals surface area (Å²) < 4.78 is 0. The van der Waals surface area contributed by atoms with Crippen LogP contribution in [0.25, 0.3) is 0 Å². The maximum absolute atomic E-state index is 10.6. The number of nitrogens with one attached hydrogen (secondary N) is 1. The Morgan fingerprint density at radius 2 is 2.16 bits per heavy atom. The van der Waals surface area contributed by atoms with Gasteiger partial charge in [-0.3, -0.25) is 10.1 Å². The van der Waals surface area contributed by atoms with Crippen molar-refractivity contribution in [2.24, 2.45) is 0 Å². The van der Waals surface area contributed by atoms with E-state index in [-0.39, 0.29) is 11.7 Å². The number of nitrogens with two attached hydrogens (primary N) is 1. The zero-order valence-corrected chi connectivity index (χ0v) is 11.1. The van der Waals surface area contributed by atoms with Crippen molar-refractivity contribution in [2.45, 2.75) is 25.8 Å². The van der Waals surface area contributed by atoms with Gasteiger partial charge in [0.15, 0.2) is 0 Å². The molecule has 1 aliphatic heterocycles. The van der Waals surface area contributed by atoms with Crippen LogP contribution in [-0.4, -0.2) is 35.5 Å². The molecule has 1 saturated heterocycles. The molecule has 1 atom stereocenters. The lowest BCUT2D eigenvalue weighted by Gasteiger charge is -2.22. The Bertz CT molecular complexity index is 458. The molecule has 1 unspecified atom stereocenters. The molecule has 6 heteroatoms. The maximum Gasteiger partial charge on any atom is 0.271 e. The highest BCUT2D eigenvalue weighted by atomic mass is 16.6. The van der Waals surface area contributed by atoms with Gasteiger partial charge in [0.25, 0.3) is 5.69 Å². The first-order valence-corrected chi connectivity index (χ1v) is 6.59. The van der Waals surface area contributed by atoms with E-state index in [0.29, 0.717) is 5.69 Å². The average molecular weight is 264 g/mol. The van der Waals surface area contributed by atoms with Gasteiger partial charge in [-0.1, -0.05) is 0 Å². The fraction of sp³-hybridized carbons (Fsp3) is 0.538. The van der Waals surface area contributed by atoms with Gasteiger partial charge in [-0.25, -0.2) is 0 Å². The molecule has 1 fully saturated rings. The van der Waals surface area contributed by atoms with Crippen molar-refractivity contribution in [1.82, 2.24) is 4.90 Å². The van der Waals surface area contributed by atoms with Crippen LogP contribution >= 0.6 is 0 Å². The van der Waals surface area contributed by atoms with Gasteiger partial charge in [0.05, 0.1) is 16.3 Å². The third kappa shape index (κ3) is 3.57. The van der Waals surface area contributed by atoms with Crippen LogP contribution in [0.1, 0.15) is 19.8 Å². The summed E-state index contributed by atoms with van der Waals surface area (Å²) in [5.74, 6) is 0. The topological polar surface area (TPSA) is 84.4 Å². The van der Waals surface area contributed by atoms with Crippen LogP contribution in [0.2, 0.25) is 0 Å². The van der Waals surface area contributed by atoms with Gasteiger partial charge in [0, 0.05) is 24.7 Å². The van der Waals surface area contributed by atoms with Gasteiger partial charge in [-0.15, -0.1) is 0 Å².